The maximum atomic E-state index is 13.5. The van der Waals surface area contributed by atoms with E-state index in [0.717, 1.165) is 22.4 Å². The molecule has 2 aliphatic rings. The molecule has 180 valence electrons. The summed E-state index contributed by atoms with van der Waals surface area (Å²) in [4.78, 5) is 13.8. The lowest BCUT2D eigenvalue weighted by Gasteiger charge is -2.27. The third-order valence-corrected chi connectivity index (χ3v) is 6.45. The van der Waals surface area contributed by atoms with E-state index < -0.39 is 11.9 Å². The molecule has 4 heterocycles. The Balaban J connectivity index is 1.44. The van der Waals surface area contributed by atoms with Gasteiger partial charge in [0.2, 0.25) is 5.91 Å². The Labute approximate surface area is 194 Å². The molecule has 2 aromatic heterocycles. The standard InChI is InChI=1S/C23H25F3N6O2/c1-14(33)31-9-7-20-19(12-31)22(29-32(20)17-8-10-34-13-17)28-16-5-3-15(4-6-16)18-11-27-30(2)21(18)23(24,25)26/h3-6,11,17H,7-10,12-13H2,1-2H3,(H,28,29). The zero-order chi connectivity index (χ0) is 24.0. The first-order valence-corrected chi connectivity index (χ1v) is 11.1. The molecule has 1 fully saturated rings. The number of carbonyl (C=O) groups excluding carboxylic acids is 1. The number of nitrogens with one attached hydrogen (secondary N) is 1. The van der Waals surface area contributed by atoms with E-state index in [1.165, 1.54) is 13.2 Å². The highest BCUT2D eigenvalue weighted by atomic mass is 19.4. The minimum absolute atomic E-state index is 0.00911. The van der Waals surface area contributed by atoms with Crippen LogP contribution in [-0.2, 0) is 35.7 Å². The lowest BCUT2D eigenvalue weighted by atomic mass is 10.0. The van der Waals surface area contributed by atoms with Gasteiger partial charge in [-0.3, -0.25) is 14.2 Å². The second-order valence-corrected chi connectivity index (χ2v) is 8.66. The molecule has 5 rings (SSSR count). The van der Waals surface area contributed by atoms with E-state index in [2.05, 4.69) is 10.4 Å². The summed E-state index contributed by atoms with van der Waals surface area (Å²) >= 11 is 0. The molecule has 1 unspecified atom stereocenters. The summed E-state index contributed by atoms with van der Waals surface area (Å²) in [7, 11) is 1.28. The van der Waals surface area contributed by atoms with E-state index in [-0.39, 0.29) is 17.5 Å². The van der Waals surface area contributed by atoms with E-state index in [4.69, 9.17) is 9.84 Å². The highest BCUT2D eigenvalue weighted by molar-refractivity contribution is 5.74. The summed E-state index contributed by atoms with van der Waals surface area (Å²) < 4.78 is 48.8. The molecular formula is C23H25F3N6O2. The van der Waals surface area contributed by atoms with Crippen molar-refractivity contribution in [1.29, 1.82) is 0 Å². The second kappa shape index (κ2) is 8.46. The lowest BCUT2D eigenvalue weighted by Crippen LogP contribution is -2.35. The number of fused-ring (bicyclic) bond motifs is 1. The number of aryl methyl sites for hydroxylation is 1. The molecule has 1 saturated heterocycles. The molecule has 1 aromatic carbocycles. The highest BCUT2D eigenvalue weighted by Crippen LogP contribution is 2.37. The molecular weight excluding hydrogens is 449 g/mol. The maximum absolute atomic E-state index is 13.5. The molecule has 0 saturated carbocycles. The van der Waals surface area contributed by atoms with Crippen molar-refractivity contribution in [2.45, 2.75) is 38.5 Å². The van der Waals surface area contributed by atoms with Gasteiger partial charge >= 0.3 is 6.18 Å². The Hall–Kier alpha value is -3.34. The number of halogens is 3. The van der Waals surface area contributed by atoms with Gasteiger partial charge in [-0.15, -0.1) is 0 Å². The van der Waals surface area contributed by atoms with Gasteiger partial charge in [0.1, 0.15) is 5.69 Å². The Bertz CT molecular complexity index is 1210. The smallest absolute Gasteiger partial charge is 0.379 e. The summed E-state index contributed by atoms with van der Waals surface area (Å²) in [5.41, 5.74) is 2.41. The molecule has 0 bridgehead atoms. The first-order valence-electron chi connectivity index (χ1n) is 11.1. The summed E-state index contributed by atoms with van der Waals surface area (Å²) in [6.07, 6.45) is -1.69. The summed E-state index contributed by atoms with van der Waals surface area (Å²) in [5, 5.41) is 11.9. The SMILES string of the molecule is CC(=O)N1CCc2c(c(Nc3ccc(-c4cnn(C)c4C(F)(F)F)cc3)nn2C2CCOC2)C1. The Morgan fingerprint density at radius 3 is 2.65 bits per heavy atom. The quantitative estimate of drug-likeness (QED) is 0.621. The number of carbonyl (C=O) groups is 1. The van der Waals surface area contributed by atoms with Crippen molar-refractivity contribution < 1.29 is 22.7 Å². The van der Waals surface area contributed by atoms with Gasteiger partial charge in [-0.25, -0.2) is 0 Å². The van der Waals surface area contributed by atoms with Crippen molar-refractivity contribution >= 4 is 17.4 Å². The number of hydrogen-bond acceptors (Lipinski definition) is 5. The number of hydrogen-bond donors (Lipinski definition) is 1. The predicted octanol–water partition coefficient (Wildman–Crippen LogP) is 3.91. The van der Waals surface area contributed by atoms with Gasteiger partial charge in [0, 0.05) is 56.1 Å². The number of anilines is 2. The van der Waals surface area contributed by atoms with Crippen LogP contribution in [0.2, 0.25) is 0 Å². The minimum Gasteiger partial charge on any atom is -0.379 e. The van der Waals surface area contributed by atoms with Crippen LogP contribution < -0.4 is 5.32 Å². The van der Waals surface area contributed by atoms with Gasteiger partial charge in [-0.1, -0.05) is 12.1 Å². The number of benzene rings is 1. The van der Waals surface area contributed by atoms with E-state index >= 15 is 0 Å². The number of ether oxygens (including phenoxy) is 1. The molecule has 1 atom stereocenters. The number of nitrogens with zero attached hydrogens (tertiary/aromatic N) is 5. The van der Waals surface area contributed by atoms with Crippen molar-refractivity contribution in [3.05, 3.63) is 47.4 Å². The van der Waals surface area contributed by atoms with Crippen LogP contribution in [0.15, 0.2) is 30.5 Å². The monoisotopic (exact) mass is 474 g/mol. The number of alkyl halides is 3. The zero-order valence-electron chi connectivity index (χ0n) is 18.9. The van der Waals surface area contributed by atoms with Crippen LogP contribution in [0.1, 0.15) is 36.3 Å². The van der Waals surface area contributed by atoms with Crippen molar-refractivity contribution in [1.82, 2.24) is 24.5 Å². The lowest BCUT2D eigenvalue weighted by molar-refractivity contribution is -0.143. The van der Waals surface area contributed by atoms with Gasteiger partial charge in [-0.05, 0) is 24.1 Å². The van der Waals surface area contributed by atoms with Gasteiger partial charge in [0.05, 0.1) is 25.4 Å². The van der Waals surface area contributed by atoms with Gasteiger partial charge < -0.3 is 15.0 Å². The van der Waals surface area contributed by atoms with Gasteiger partial charge in [0.15, 0.2) is 5.82 Å². The molecule has 1 amide bonds. The molecule has 2 aliphatic heterocycles. The first kappa shape index (κ1) is 22.5. The molecule has 34 heavy (non-hydrogen) atoms. The van der Waals surface area contributed by atoms with E-state index in [1.807, 2.05) is 4.68 Å². The van der Waals surface area contributed by atoms with Crippen molar-refractivity contribution in [3.8, 4) is 11.1 Å². The van der Waals surface area contributed by atoms with Crippen LogP contribution in [0, 0.1) is 0 Å². The third kappa shape index (κ3) is 4.04. The highest BCUT2D eigenvalue weighted by Gasteiger charge is 2.37. The number of aromatic nitrogens is 4. The van der Waals surface area contributed by atoms with Crippen LogP contribution in [0.5, 0.6) is 0 Å². The predicted molar refractivity (Wildman–Crippen MR) is 118 cm³/mol. The number of amides is 1. The van der Waals surface area contributed by atoms with E-state index in [0.29, 0.717) is 49.8 Å². The number of rotatable bonds is 4. The van der Waals surface area contributed by atoms with Crippen LogP contribution in [0.4, 0.5) is 24.7 Å². The zero-order valence-corrected chi connectivity index (χ0v) is 18.9. The summed E-state index contributed by atoms with van der Waals surface area (Å²) in [6, 6.07) is 6.85. The normalized spacial score (nSPS) is 18.3. The van der Waals surface area contributed by atoms with Gasteiger partial charge in [0.25, 0.3) is 0 Å². The molecule has 0 aliphatic carbocycles. The van der Waals surface area contributed by atoms with Gasteiger partial charge in [-0.2, -0.15) is 23.4 Å². The van der Waals surface area contributed by atoms with Crippen LogP contribution in [0.25, 0.3) is 11.1 Å². The van der Waals surface area contributed by atoms with Crippen LogP contribution >= 0.6 is 0 Å². The topological polar surface area (TPSA) is 77.2 Å². The van der Waals surface area contributed by atoms with E-state index in [1.54, 1.807) is 36.1 Å². The fourth-order valence-corrected chi connectivity index (χ4v) is 4.69. The third-order valence-electron chi connectivity index (χ3n) is 6.45. The van der Waals surface area contributed by atoms with Crippen LogP contribution in [-0.4, -0.2) is 50.1 Å². The molecule has 0 spiro atoms. The Morgan fingerprint density at radius 2 is 2.00 bits per heavy atom. The molecule has 8 nitrogen and oxygen atoms in total. The van der Waals surface area contributed by atoms with Crippen molar-refractivity contribution in [2.75, 3.05) is 25.1 Å². The minimum atomic E-state index is -4.50. The fourth-order valence-electron chi connectivity index (χ4n) is 4.69. The van der Waals surface area contributed by atoms with E-state index in [9.17, 15) is 18.0 Å². The Morgan fingerprint density at radius 1 is 1.24 bits per heavy atom. The average Bonchev–Trinajstić information content (AvgIpc) is 3.52. The first-order chi connectivity index (χ1) is 16.2. The molecule has 3 aromatic rings. The Kier molecular flexibility index (Phi) is 5.59. The van der Waals surface area contributed by atoms with Crippen molar-refractivity contribution in [3.63, 3.8) is 0 Å². The second-order valence-electron chi connectivity index (χ2n) is 8.66. The molecule has 1 N–H and O–H groups in total. The summed E-state index contributed by atoms with van der Waals surface area (Å²) in [5.74, 6) is 0.660. The largest absolute Gasteiger partial charge is 0.433 e. The summed E-state index contributed by atoms with van der Waals surface area (Å²) in [6.45, 7) is 3.95. The van der Waals surface area contributed by atoms with Crippen molar-refractivity contribution in [2.24, 2.45) is 7.05 Å². The molecule has 11 heteroatoms. The molecule has 0 radical (unpaired) electrons. The maximum Gasteiger partial charge on any atom is 0.433 e. The average molecular weight is 474 g/mol. The van der Waals surface area contributed by atoms with Crippen LogP contribution in [0.3, 0.4) is 0 Å². The fraction of sp³-hybridized carbons (Fsp3) is 0.435.